The number of rotatable bonds is 2. The maximum absolute atomic E-state index is 6.00. The van der Waals surface area contributed by atoms with Gasteiger partial charge in [-0.25, -0.2) is 0 Å². The van der Waals surface area contributed by atoms with Crippen molar-refractivity contribution in [2.75, 3.05) is 11.1 Å². The number of fused-ring (bicyclic) bond motifs is 1. The topological polar surface area (TPSA) is 50.9 Å². The predicted octanol–water partition coefficient (Wildman–Crippen LogP) is 4.32. The smallest absolute Gasteiger partial charge is 0.0936 e. The molecule has 0 radical (unpaired) electrons. The number of hydrogen-bond donors (Lipinski definition) is 2. The van der Waals surface area contributed by atoms with Crippen LogP contribution in [0.2, 0.25) is 0 Å². The van der Waals surface area contributed by atoms with Crippen LogP contribution in [0.15, 0.2) is 59.2 Å². The van der Waals surface area contributed by atoms with Crippen molar-refractivity contribution >= 4 is 43.9 Å². The van der Waals surface area contributed by atoms with E-state index < -0.39 is 0 Å². The van der Waals surface area contributed by atoms with E-state index in [0.29, 0.717) is 5.69 Å². The molecule has 3 nitrogen and oxygen atoms in total. The quantitative estimate of drug-likeness (QED) is 0.693. The Labute approximate surface area is 119 Å². The van der Waals surface area contributed by atoms with E-state index in [-0.39, 0.29) is 0 Å². The number of halogens is 1. The van der Waals surface area contributed by atoms with Gasteiger partial charge in [-0.15, -0.1) is 0 Å². The summed E-state index contributed by atoms with van der Waals surface area (Å²) < 4.78 is 0.964. The Morgan fingerprint density at radius 2 is 1.84 bits per heavy atom. The van der Waals surface area contributed by atoms with Gasteiger partial charge in [-0.2, -0.15) is 0 Å². The second-order valence-electron chi connectivity index (χ2n) is 4.24. The van der Waals surface area contributed by atoms with E-state index in [2.05, 4.69) is 26.2 Å². The van der Waals surface area contributed by atoms with Gasteiger partial charge in [-0.05, 0) is 30.3 Å². The highest BCUT2D eigenvalue weighted by atomic mass is 79.9. The highest BCUT2D eigenvalue weighted by molar-refractivity contribution is 9.10. The first kappa shape index (κ1) is 12.0. The van der Waals surface area contributed by atoms with Crippen LogP contribution in [0.5, 0.6) is 0 Å². The number of aromatic nitrogens is 1. The summed E-state index contributed by atoms with van der Waals surface area (Å²) in [5.74, 6) is 0. The monoisotopic (exact) mass is 313 g/mol. The Hall–Kier alpha value is -2.07. The molecule has 19 heavy (non-hydrogen) atoms. The van der Waals surface area contributed by atoms with Crippen LogP contribution in [-0.2, 0) is 0 Å². The maximum atomic E-state index is 6.00. The SMILES string of the molecule is Nc1cc(Br)ccc1Nc1cccc2cccnc12. The molecule has 0 saturated heterocycles. The molecule has 4 heteroatoms. The number of anilines is 3. The maximum Gasteiger partial charge on any atom is 0.0936 e. The fourth-order valence-electron chi connectivity index (χ4n) is 2.00. The van der Waals surface area contributed by atoms with E-state index >= 15 is 0 Å². The number of nitrogens with two attached hydrogens (primary N) is 1. The molecule has 3 N–H and O–H groups in total. The lowest BCUT2D eigenvalue weighted by molar-refractivity contribution is 1.40. The van der Waals surface area contributed by atoms with Crippen molar-refractivity contribution in [1.29, 1.82) is 0 Å². The van der Waals surface area contributed by atoms with Gasteiger partial charge in [0.05, 0.1) is 22.6 Å². The third kappa shape index (κ3) is 2.39. The van der Waals surface area contributed by atoms with Gasteiger partial charge >= 0.3 is 0 Å². The number of nitrogens with one attached hydrogen (secondary N) is 1. The first-order valence-corrected chi connectivity index (χ1v) is 6.69. The average Bonchev–Trinajstić information content (AvgIpc) is 2.42. The number of para-hydroxylation sites is 1. The lowest BCUT2D eigenvalue weighted by Crippen LogP contribution is -1.97. The molecule has 0 aliphatic carbocycles. The minimum atomic E-state index is 0.697. The van der Waals surface area contributed by atoms with E-state index in [1.807, 2.05) is 48.5 Å². The summed E-state index contributed by atoms with van der Waals surface area (Å²) in [6, 6.07) is 15.8. The van der Waals surface area contributed by atoms with Gasteiger partial charge in [0.1, 0.15) is 0 Å². The first-order valence-electron chi connectivity index (χ1n) is 5.90. The Balaban J connectivity index is 2.06. The van der Waals surface area contributed by atoms with Crippen LogP contribution in [0.1, 0.15) is 0 Å². The summed E-state index contributed by atoms with van der Waals surface area (Å²) in [6.45, 7) is 0. The first-order chi connectivity index (χ1) is 9.24. The summed E-state index contributed by atoms with van der Waals surface area (Å²) in [5.41, 5.74) is 9.46. The standard InChI is InChI=1S/C15H12BrN3/c16-11-6-7-13(12(17)9-11)19-14-5-1-3-10-4-2-8-18-15(10)14/h1-9,19H,17H2. The van der Waals surface area contributed by atoms with Gasteiger partial charge in [0.25, 0.3) is 0 Å². The van der Waals surface area contributed by atoms with Crippen molar-refractivity contribution in [2.45, 2.75) is 0 Å². The number of pyridine rings is 1. The van der Waals surface area contributed by atoms with Crippen molar-refractivity contribution in [3.05, 3.63) is 59.2 Å². The highest BCUT2D eigenvalue weighted by Crippen LogP contribution is 2.29. The molecule has 2 aromatic carbocycles. The third-order valence-corrected chi connectivity index (χ3v) is 3.41. The summed E-state index contributed by atoms with van der Waals surface area (Å²) in [5, 5.41) is 4.43. The van der Waals surface area contributed by atoms with E-state index in [1.54, 1.807) is 6.20 Å². The summed E-state index contributed by atoms with van der Waals surface area (Å²) >= 11 is 3.40. The van der Waals surface area contributed by atoms with Crippen LogP contribution in [0.25, 0.3) is 10.9 Å². The number of nitrogen functional groups attached to an aromatic ring is 1. The minimum Gasteiger partial charge on any atom is -0.397 e. The third-order valence-electron chi connectivity index (χ3n) is 2.92. The Morgan fingerprint density at radius 3 is 2.68 bits per heavy atom. The van der Waals surface area contributed by atoms with E-state index in [4.69, 9.17) is 5.73 Å². The Bertz CT molecular complexity index is 735. The largest absolute Gasteiger partial charge is 0.397 e. The van der Waals surface area contributed by atoms with Gasteiger partial charge in [-0.1, -0.05) is 34.1 Å². The van der Waals surface area contributed by atoms with Gasteiger partial charge in [0.15, 0.2) is 0 Å². The summed E-state index contributed by atoms with van der Waals surface area (Å²) in [6.07, 6.45) is 1.79. The molecule has 1 heterocycles. The molecule has 0 saturated carbocycles. The van der Waals surface area contributed by atoms with E-state index in [9.17, 15) is 0 Å². The molecule has 0 unspecified atom stereocenters. The Kier molecular flexibility index (Phi) is 3.09. The van der Waals surface area contributed by atoms with Gasteiger partial charge < -0.3 is 11.1 Å². The highest BCUT2D eigenvalue weighted by Gasteiger charge is 2.04. The molecule has 0 fully saturated rings. The number of hydrogen-bond acceptors (Lipinski definition) is 3. The lowest BCUT2D eigenvalue weighted by Gasteiger charge is -2.11. The van der Waals surface area contributed by atoms with Crippen LogP contribution in [0.3, 0.4) is 0 Å². The molecule has 0 aliphatic heterocycles. The fraction of sp³-hybridized carbons (Fsp3) is 0. The fourth-order valence-corrected chi connectivity index (χ4v) is 2.38. The van der Waals surface area contributed by atoms with Gasteiger partial charge in [-0.3, -0.25) is 4.98 Å². The summed E-state index contributed by atoms with van der Waals surface area (Å²) in [7, 11) is 0. The van der Waals surface area contributed by atoms with Gasteiger partial charge in [0.2, 0.25) is 0 Å². The van der Waals surface area contributed by atoms with Crippen LogP contribution >= 0.6 is 15.9 Å². The second-order valence-corrected chi connectivity index (χ2v) is 5.15. The molecule has 0 atom stereocenters. The molecule has 94 valence electrons. The number of nitrogens with zero attached hydrogens (tertiary/aromatic N) is 1. The molecule has 3 rings (SSSR count). The van der Waals surface area contributed by atoms with Gasteiger partial charge in [0, 0.05) is 16.1 Å². The number of benzene rings is 2. The second kappa shape index (κ2) is 4.90. The lowest BCUT2D eigenvalue weighted by atomic mass is 10.2. The summed E-state index contributed by atoms with van der Waals surface area (Å²) in [4.78, 5) is 4.41. The van der Waals surface area contributed by atoms with Crippen LogP contribution in [0, 0.1) is 0 Å². The van der Waals surface area contributed by atoms with Crippen molar-refractivity contribution < 1.29 is 0 Å². The van der Waals surface area contributed by atoms with E-state index in [1.165, 1.54) is 0 Å². The molecule has 1 aromatic heterocycles. The molecule has 0 amide bonds. The van der Waals surface area contributed by atoms with Crippen molar-refractivity contribution in [1.82, 2.24) is 4.98 Å². The normalized spacial score (nSPS) is 10.6. The zero-order valence-electron chi connectivity index (χ0n) is 10.1. The van der Waals surface area contributed by atoms with Crippen molar-refractivity contribution in [3.8, 4) is 0 Å². The minimum absolute atomic E-state index is 0.697. The van der Waals surface area contributed by atoms with Crippen LogP contribution < -0.4 is 11.1 Å². The zero-order valence-corrected chi connectivity index (χ0v) is 11.7. The molecule has 0 spiro atoms. The van der Waals surface area contributed by atoms with E-state index in [0.717, 1.165) is 26.8 Å². The average molecular weight is 314 g/mol. The molecular formula is C15H12BrN3. The predicted molar refractivity (Wildman–Crippen MR) is 83.6 cm³/mol. The van der Waals surface area contributed by atoms with Crippen LogP contribution in [0.4, 0.5) is 17.1 Å². The van der Waals surface area contributed by atoms with Crippen molar-refractivity contribution in [2.24, 2.45) is 0 Å². The molecule has 0 bridgehead atoms. The van der Waals surface area contributed by atoms with Crippen molar-refractivity contribution in [3.63, 3.8) is 0 Å². The Morgan fingerprint density at radius 1 is 1.00 bits per heavy atom. The molecule has 0 aliphatic rings. The molecular weight excluding hydrogens is 302 g/mol. The zero-order chi connectivity index (χ0) is 13.2. The molecule has 3 aromatic rings. The van der Waals surface area contributed by atoms with Crippen LogP contribution in [-0.4, -0.2) is 4.98 Å².